The van der Waals surface area contributed by atoms with Gasteiger partial charge in [0.05, 0.1) is 0 Å². The van der Waals surface area contributed by atoms with Crippen molar-refractivity contribution in [2.45, 2.75) is 75.6 Å². The van der Waals surface area contributed by atoms with Crippen LogP contribution in [0.3, 0.4) is 0 Å². The maximum atomic E-state index is 12.8. The van der Waals surface area contributed by atoms with Crippen molar-refractivity contribution in [2.75, 3.05) is 0 Å². The molecule has 0 spiro atoms. The summed E-state index contributed by atoms with van der Waals surface area (Å²) < 4.78 is 126. The van der Waals surface area contributed by atoms with Crippen molar-refractivity contribution in [1.29, 1.82) is 0 Å². The lowest BCUT2D eigenvalue weighted by molar-refractivity contribution is -0.131. The molecule has 0 aliphatic heterocycles. The molecule has 0 aliphatic rings. The van der Waals surface area contributed by atoms with E-state index in [1.54, 1.807) is 0 Å². The topological polar surface area (TPSA) is 18.5 Å². The molecule has 2 atom stereocenters. The standard InChI is InChI=1S/C16H27F9O2Si3/c1-6-28(3,11-8-14(17,18)19)26-30(5,13-10-16(23,24)25)27-29(4,7-2)12-9-15(20,21)22/h6-7H,1-2,8-13H2,3-5H3. The second kappa shape index (κ2) is 10.4. The molecule has 0 saturated heterocycles. The van der Waals surface area contributed by atoms with Crippen molar-refractivity contribution < 1.29 is 47.7 Å². The maximum Gasteiger partial charge on any atom is 0.389 e. The zero-order valence-corrected chi connectivity index (χ0v) is 20.0. The van der Waals surface area contributed by atoms with E-state index < -0.39 is 81.1 Å². The highest BCUT2D eigenvalue weighted by Gasteiger charge is 2.48. The van der Waals surface area contributed by atoms with Gasteiger partial charge in [0.15, 0.2) is 0 Å². The number of rotatable bonds is 12. The van der Waals surface area contributed by atoms with Crippen LogP contribution >= 0.6 is 0 Å². The molecule has 0 aromatic heterocycles. The van der Waals surface area contributed by atoms with Gasteiger partial charge >= 0.3 is 27.1 Å². The quantitative estimate of drug-likeness (QED) is 0.201. The minimum Gasteiger partial charge on any atom is -0.433 e. The second-order valence-corrected chi connectivity index (χ2v) is 19.2. The molecule has 0 aliphatic carbocycles. The van der Waals surface area contributed by atoms with Crippen molar-refractivity contribution in [3.8, 4) is 0 Å². The van der Waals surface area contributed by atoms with Gasteiger partial charge < -0.3 is 8.23 Å². The van der Waals surface area contributed by atoms with Crippen LogP contribution in [0.2, 0.25) is 37.8 Å². The number of hydrogen-bond donors (Lipinski definition) is 0. The average molecular weight is 507 g/mol. The molecule has 0 rings (SSSR count). The molecule has 0 radical (unpaired) electrons. The Balaban J connectivity index is 5.74. The van der Waals surface area contributed by atoms with Crippen LogP contribution in [0.15, 0.2) is 24.6 Å². The van der Waals surface area contributed by atoms with Crippen molar-refractivity contribution in [1.82, 2.24) is 0 Å². The van der Waals surface area contributed by atoms with E-state index in [9.17, 15) is 39.5 Å². The van der Waals surface area contributed by atoms with E-state index in [0.29, 0.717) is 0 Å². The van der Waals surface area contributed by atoms with E-state index in [1.165, 1.54) is 31.0 Å². The zero-order chi connectivity index (χ0) is 24.1. The molecule has 178 valence electrons. The third-order valence-electron chi connectivity index (χ3n) is 4.43. The first-order valence-electron chi connectivity index (χ1n) is 9.03. The van der Waals surface area contributed by atoms with E-state index in [4.69, 9.17) is 8.23 Å². The van der Waals surface area contributed by atoms with E-state index >= 15 is 0 Å². The number of hydrogen-bond acceptors (Lipinski definition) is 2. The molecule has 0 aromatic carbocycles. The summed E-state index contributed by atoms with van der Waals surface area (Å²) in [6.45, 7) is 10.9. The Bertz CT molecular complexity index is 540. The molecule has 0 saturated carbocycles. The third kappa shape index (κ3) is 13.0. The minimum absolute atomic E-state index is 0.479. The van der Waals surface area contributed by atoms with Gasteiger partial charge in [-0.25, -0.2) is 0 Å². The first-order valence-corrected chi connectivity index (χ1v) is 16.9. The molecule has 0 fully saturated rings. The summed E-state index contributed by atoms with van der Waals surface area (Å²) in [5, 5.41) is 0. The SMILES string of the molecule is C=C[Si](C)(CCC(F)(F)F)O[Si](C)(CCC(F)(F)F)O[Si](C)(C=C)CCC(F)(F)F. The van der Waals surface area contributed by atoms with Crippen LogP contribution < -0.4 is 0 Å². The molecule has 30 heavy (non-hydrogen) atoms. The highest BCUT2D eigenvalue weighted by atomic mass is 28.5. The van der Waals surface area contributed by atoms with Gasteiger partial charge in [0.1, 0.15) is 0 Å². The Labute approximate surface area is 173 Å². The van der Waals surface area contributed by atoms with Gasteiger partial charge in [0.25, 0.3) is 0 Å². The fourth-order valence-corrected chi connectivity index (χ4v) is 16.1. The molecule has 14 heteroatoms. The molecular formula is C16H27F9O2Si3. The molecule has 0 heterocycles. The lowest BCUT2D eigenvalue weighted by atomic mass is 10.5. The van der Waals surface area contributed by atoms with Gasteiger partial charge in [-0.1, -0.05) is 11.4 Å². The molecule has 0 amide bonds. The van der Waals surface area contributed by atoms with Crippen molar-refractivity contribution >= 4 is 25.2 Å². The lowest BCUT2D eigenvalue weighted by Crippen LogP contribution is -2.55. The van der Waals surface area contributed by atoms with Crippen LogP contribution in [0.25, 0.3) is 0 Å². The molecule has 2 unspecified atom stereocenters. The van der Waals surface area contributed by atoms with Crippen LogP contribution in [-0.2, 0) is 8.23 Å². The fourth-order valence-electron chi connectivity index (χ4n) is 2.65. The smallest absolute Gasteiger partial charge is 0.389 e. The van der Waals surface area contributed by atoms with Crippen LogP contribution in [0, 0.1) is 0 Å². The first kappa shape index (κ1) is 29.4. The largest absolute Gasteiger partial charge is 0.433 e. The van der Waals surface area contributed by atoms with Crippen molar-refractivity contribution in [3.05, 3.63) is 24.6 Å². The highest BCUT2D eigenvalue weighted by molar-refractivity contribution is 6.91. The normalized spacial score (nSPS) is 19.5. The Morgan fingerprint density at radius 3 is 1.10 bits per heavy atom. The molecule has 0 N–H and O–H groups in total. The average Bonchev–Trinajstić information content (AvgIpc) is 2.55. The molecule has 0 aromatic rings. The Morgan fingerprint density at radius 1 is 0.600 bits per heavy atom. The zero-order valence-electron chi connectivity index (χ0n) is 17.0. The molecule has 2 nitrogen and oxygen atoms in total. The van der Waals surface area contributed by atoms with Gasteiger partial charge in [0.2, 0.25) is 16.6 Å². The highest BCUT2D eigenvalue weighted by Crippen LogP contribution is 2.36. The molecular weight excluding hydrogens is 479 g/mol. The second-order valence-electron chi connectivity index (χ2n) is 7.72. The van der Waals surface area contributed by atoms with Gasteiger partial charge in [-0.15, -0.1) is 13.2 Å². The van der Waals surface area contributed by atoms with Gasteiger partial charge in [0, 0.05) is 19.3 Å². The summed E-state index contributed by atoms with van der Waals surface area (Å²) in [4.78, 5) is 0. The van der Waals surface area contributed by atoms with E-state index in [1.807, 2.05) is 0 Å². The predicted molar refractivity (Wildman–Crippen MR) is 104 cm³/mol. The van der Waals surface area contributed by atoms with Crippen LogP contribution in [0.1, 0.15) is 19.3 Å². The summed E-state index contributed by atoms with van der Waals surface area (Å²) in [5.41, 5.74) is 2.37. The third-order valence-corrected chi connectivity index (χ3v) is 17.0. The Kier molecular flexibility index (Phi) is 10.2. The fraction of sp³-hybridized carbons (Fsp3) is 0.750. The van der Waals surface area contributed by atoms with Crippen LogP contribution in [0.4, 0.5) is 39.5 Å². The Hall–Kier alpha value is -0.579. The monoisotopic (exact) mass is 506 g/mol. The predicted octanol–water partition coefficient (Wildman–Crippen LogP) is 7.55. The van der Waals surface area contributed by atoms with E-state index in [-0.39, 0.29) is 0 Å². The molecule has 0 bridgehead atoms. The summed E-state index contributed by atoms with van der Waals surface area (Å²) >= 11 is 0. The van der Waals surface area contributed by atoms with Crippen molar-refractivity contribution in [2.24, 2.45) is 0 Å². The van der Waals surface area contributed by atoms with Gasteiger partial charge in [-0.2, -0.15) is 39.5 Å². The number of halogens is 9. The maximum absolute atomic E-state index is 12.8. The van der Waals surface area contributed by atoms with Crippen LogP contribution in [-0.4, -0.2) is 43.7 Å². The minimum atomic E-state index is -4.59. The Morgan fingerprint density at radius 2 is 0.867 bits per heavy atom. The summed E-state index contributed by atoms with van der Waals surface area (Å²) in [7, 11) is -10.6. The summed E-state index contributed by atoms with van der Waals surface area (Å²) in [5.74, 6) is 0. The van der Waals surface area contributed by atoms with E-state index in [0.717, 1.165) is 0 Å². The van der Waals surface area contributed by atoms with Crippen LogP contribution in [0.5, 0.6) is 0 Å². The summed E-state index contributed by atoms with van der Waals surface area (Å²) in [6, 6.07) is -1.61. The summed E-state index contributed by atoms with van der Waals surface area (Å²) in [6.07, 6.45) is -17.3. The number of alkyl halides is 9. The van der Waals surface area contributed by atoms with E-state index in [2.05, 4.69) is 13.2 Å². The van der Waals surface area contributed by atoms with Crippen molar-refractivity contribution in [3.63, 3.8) is 0 Å². The first-order chi connectivity index (χ1) is 13.2. The lowest BCUT2D eigenvalue weighted by Gasteiger charge is -2.41. The van der Waals surface area contributed by atoms with Gasteiger partial charge in [-0.05, 0) is 37.8 Å². The van der Waals surface area contributed by atoms with Gasteiger partial charge in [-0.3, -0.25) is 0 Å².